The molecule has 13 rings (SSSR count). The lowest BCUT2D eigenvalue weighted by Crippen LogP contribution is -1.97. The topological polar surface area (TPSA) is 23.0 Å². The van der Waals surface area contributed by atoms with Crippen molar-refractivity contribution in [1.29, 1.82) is 0 Å². The van der Waals surface area contributed by atoms with Crippen LogP contribution in [0.4, 0.5) is 0 Å². The molecule has 1 aliphatic carbocycles. The summed E-state index contributed by atoms with van der Waals surface area (Å²) in [6, 6.07) is 66.4. The summed E-state index contributed by atoms with van der Waals surface area (Å²) < 4.78 is 11.5. The number of rotatable bonds is 3. The predicted molar refractivity (Wildman–Crippen MR) is 230 cm³/mol. The van der Waals surface area contributed by atoms with Crippen LogP contribution in [-0.4, -0.2) is 9.13 Å². The molecule has 12 aromatic rings. The lowest BCUT2D eigenvalue weighted by Gasteiger charge is -2.14. The first kappa shape index (κ1) is 29.1. The van der Waals surface area contributed by atoms with E-state index in [1.807, 2.05) is 0 Å². The zero-order chi connectivity index (χ0) is 35.8. The number of furan rings is 1. The quantitative estimate of drug-likeness (QED) is 0.180. The summed E-state index contributed by atoms with van der Waals surface area (Å²) in [7, 11) is 0. The summed E-state index contributed by atoms with van der Waals surface area (Å²) in [5.41, 5.74) is 16.5. The summed E-state index contributed by atoms with van der Waals surface area (Å²) in [6.07, 6.45) is 0. The minimum Gasteiger partial charge on any atom is -0.456 e. The van der Waals surface area contributed by atoms with Gasteiger partial charge in [0.15, 0.2) is 0 Å². The van der Waals surface area contributed by atoms with E-state index in [2.05, 4.69) is 191 Å². The number of fused-ring (bicyclic) bond motifs is 14. The Balaban J connectivity index is 1.20. The zero-order valence-electron chi connectivity index (χ0n) is 29.6. The van der Waals surface area contributed by atoms with Crippen LogP contribution in [0.25, 0.3) is 121 Å². The second kappa shape index (κ2) is 10.6. The molecule has 0 aliphatic heterocycles. The van der Waals surface area contributed by atoms with Gasteiger partial charge in [0.1, 0.15) is 11.2 Å². The highest BCUT2D eigenvalue weighted by molar-refractivity contribution is 6.31. The van der Waals surface area contributed by atoms with Crippen LogP contribution in [0.3, 0.4) is 0 Å². The molecule has 0 amide bonds. The molecule has 254 valence electrons. The fourth-order valence-corrected chi connectivity index (χ4v) is 9.79. The van der Waals surface area contributed by atoms with Gasteiger partial charge in [0, 0.05) is 38.0 Å². The molecular formula is C52H30N2O. The van der Waals surface area contributed by atoms with Crippen molar-refractivity contribution in [3.63, 3.8) is 0 Å². The van der Waals surface area contributed by atoms with Gasteiger partial charge in [0.25, 0.3) is 0 Å². The minimum absolute atomic E-state index is 0.891. The number of hydrogen-bond donors (Lipinski definition) is 0. The largest absolute Gasteiger partial charge is 0.456 e. The van der Waals surface area contributed by atoms with E-state index in [1.165, 1.54) is 82.4 Å². The van der Waals surface area contributed by atoms with Crippen LogP contribution in [-0.2, 0) is 0 Å². The molecule has 0 spiro atoms. The van der Waals surface area contributed by atoms with Crippen molar-refractivity contribution < 1.29 is 4.42 Å². The summed E-state index contributed by atoms with van der Waals surface area (Å²) >= 11 is 0. The van der Waals surface area contributed by atoms with Crippen LogP contribution in [0.15, 0.2) is 186 Å². The van der Waals surface area contributed by atoms with Crippen LogP contribution in [0.5, 0.6) is 0 Å². The van der Waals surface area contributed by atoms with Crippen molar-refractivity contribution >= 4 is 76.3 Å². The smallest absolute Gasteiger partial charge is 0.137 e. The van der Waals surface area contributed by atoms with Crippen molar-refractivity contribution in [2.24, 2.45) is 0 Å². The lowest BCUT2D eigenvalue weighted by atomic mass is 10.0. The van der Waals surface area contributed by atoms with E-state index < -0.39 is 0 Å². The SMILES string of the molecule is c1ccc(-c2ccc(-n3c4ccc5c6ccccc6n(-c6ccc7c8c(cccc68)-c6ccccc6-7)c5c4c4ccc5oc6ccccc6c5c43)cc2)cc1. The first-order valence-corrected chi connectivity index (χ1v) is 18.9. The number of nitrogens with zero attached hydrogens (tertiary/aromatic N) is 2. The molecule has 0 bridgehead atoms. The molecule has 0 fully saturated rings. The molecule has 0 radical (unpaired) electrons. The second-order valence-corrected chi connectivity index (χ2v) is 14.8. The Kier molecular flexibility index (Phi) is 5.63. The van der Waals surface area contributed by atoms with E-state index in [4.69, 9.17) is 4.42 Å². The van der Waals surface area contributed by atoms with Crippen molar-refractivity contribution in [2.45, 2.75) is 0 Å². The fraction of sp³-hybridized carbons (Fsp3) is 0. The Labute approximate surface area is 315 Å². The first-order chi connectivity index (χ1) is 27.3. The van der Waals surface area contributed by atoms with Gasteiger partial charge in [-0.15, -0.1) is 0 Å². The van der Waals surface area contributed by atoms with Gasteiger partial charge in [-0.3, -0.25) is 0 Å². The number of aromatic nitrogens is 2. The molecule has 3 aromatic heterocycles. The average Bonchev–Trinajstić information content (AvgIpc) is 3.99. The Morgan fingerprint density at radius 2 is 0.964 bits per heavy atom. The van der Waals surface area contributed by atoms with Gasteiger partial charge in [-0.25, -0.2) is 0 Å². The summed E-state index contributed by atoms with van der Waals surface area (Å²) in [5, 5.41) is 9.76. The molecule has 0 saturated heterocycles. The zero-order valence-corrected chi connectivity index (χ0v) is 29.6. The second-order valence-electron chi connectivity index (χ2n) is 14.8. The number of para-hydroxylation sites is 2. The van der Waals surface area contributed by atoms with Gasteiger partial charge in [-0.05, 0) is 87.3 Å². The van der Waals surface area contributed by atoms with E-state index in [1.54, 1.807) is 0 Å². The maximum atomic E-state index is 6.54. The van der Waals surface area contributed by atoms with Gasteiger partial charge in [0.2, 0.25) is 0 Å². The van der Waals surface area contributed by atoms with Crippen molar-refractivity contribution in [1.82, 2.24) is 9.13 Å². The summed E-state index contributed by atoms with van der Waals surface area (Å²) in [4.78, 5) is 0. The monoisotopic (exact) mass is 698 g/mol. The number of benzene rings is 9. The van der Waals surface area contributed by atoms with Crippen LogP contribution >= 0.6 is 0 Å². The van der Waals surface area contributed by atoms with Gasteiger partial charge >= 0.3 is 0 Å². The normalized spacial score (nSPS) is 12.4. The molecule has 0 unspecified atom stereocenters. The van der Waals surface area contributed by atoms with E-state index in [0.29, 0.717) is 0 Å². The molecule has 0 saturated carbocycles. The predicted octanol–water partition coefficient (Wildman–Crippen LogP) is 14.2. The lowest BCUT2D eigenvalue weighted by molar-refractivity contribution is 0.669. The standard InChI is InChI=1S/C52H30N2O/c1-2-11-31(12-3-1)32-21-23-33(24-22-32)53-45-29-26-39-36-15-6-8-19-43(36)54(44-28-25-38-35-14-5-4-13-34(35)37-17-10-18-40(44)48(37)38)51(39)49(45)42-27-30-47-50(52(42)53)41-16-7-9-20-46(41)55-47/h1-30H. The third-order valence-electron chi connectivity index (χ3n) is 12.1. The Hall–Kier alpha value is -7.36. The Bertz CT molecular complexity index is 3550. The molecule has 1 aliphatic rings. The number of hydrogen-bond acceptors (Lipinski definition) is 1. The van der Waals surface area contributed by atoms with Gasteiger partial charge < -0.3 is 13.6 Å². The summed E-state index contributed by atoms with van der Waals surface area (Å²) in [5.74, 6) is 0. The maximum Gasteiger partial charge on any atom is 0.137 e. The molecule has 3 heterocycles. The highest BCUT2D eigenvalue weighted by Gasteiger charge is 2.27. The first-order valence-electron chi connectivity index (χ1n) is 18.9. The van der Waals surface area contributed by atoms with E-state index in [9.17, 15) is 0 Å². The van der Waals surface area contributed by atoms with E-state index in [-0.39, 0.29) is 0 Å². The van der Waals surface area contributed by atoms with Gasteiger partial charge in [-0.2, -0.15) is 0 Å². The molecular weight excluding hydrogens is 669 g/mol. The molecule has 3 heteroatoms. The Morgan fingerprint density at radius 3 is 1.82 bits per heavy atom. The highest BCUT2D eigenvalue weighted by atomic mass is 16.3. The summed E-state index contributed by atoms with van der Waals surface area (Å²) in [6.45, 7) is 0. The van der Waals surface area contributed by atoms with Gasteiger partial charge in [-0.1, -0.05) is 133 Å². The van der Waals surface area contributed by atoms with E-state index in [0.717, 1.165) is 38.7 Å². The minimum atomic E-state index is 0.891. The molecule has 3 nitrogen and oxygen atoms in total. The molecule has 55 heavy (non-hydrogen) atoms. The van der Waals surface area contributed by atoms with Gasteiger partial charge in [0.05, 0.1) is 33.1 Å². The van der Waals surface area contributed by atoms with Crippen molar-refractivity contribution in [3.8, 4) is 44.8 Å². The van der Waals surface area contributed by atoms with Crippen molar-refractivity contribution in [2.75, 3.05) is 0 Å². The van der Waals surface area contributed by atoms with Crippen LogP contribution in [0.1, 0.15) is 0 Å². The molecule has 0 atom stereocenters. The third-order valence-corrected chi connectivity index (χ3v) is 12.1. The molecule has 9 aromatic carbocycles. The molecule has 0 N–H and O–H groups in total. The Morgan fingerprint density at radius 1 is 0.309 bits per heavy atom. The third kappa shape index (κ3) is 3.79. The van der Waals surface area contributed by atoms with Crippen LogP contribution in [0.2, 0.25) is 0 Å². The maximum absolute atomic E-state index is 6.54. The van der Waals surface area contributed by atoms with E-state index >= 15 is 0 Å². The van der Waals surface area contributed by atoms with Crippen molar-refractivity contribution in [3.05, 3.63) is 182 Å². The van der Waals surface area contributed by atoms with Crippen LogP contribution < -0.4 is 0 Å². The fourth-order valence-electron chi connectivity index (χ4n) is 9.79. The van der Waals surface area contributed by atoms with Crippen LogP contribution in [0, 0.1) is 0 Å². The highest BCUT2D eigenvalue weighted by Crippen LogP contribution is 2.50. The average molecular weight is 699 g/mol.